The summed E-state index contributed by atoms with van der Waals surface area (Å²) in [4.78, 5) is 11.9. The number of hydrogen-bond donors (Lipinski definition) is 2. The first-order valence-electron chi connectivity index (χ1n) is 6.30. The number of carbonyl (C=O) groups excluding carboxylic acids is 1. The molecule has 2 rings (SSSR count). The standard InChI is InChI=1S/C15H18N2O2.ClH/c1-11(14-8-5-9-19-14)17-15(18)10-13(16)12-6-3-2-4-7-12;/h2-9,11,13H,10,16H2,1H3,(H,17,18);1H. The number of furan rings is 1. The molecule has 1 aromatic heterocycles. The molecule has 2 unspecified atom stereocenters. The van der Waals surface area contributed by atoms with Gasteiger partial charge in [0, 0.05) is 12.5 Å². The van der Waals surface area contributed by atoms with E-state index in [1.165, 1.54) is 0 Å². The highest BCUT2D eigenvalue weighted by Crippen LogP contribution is 2.16. The van der Waals surface area contributed by atoms with Gasteiger partial charge in [0.25, 0.3) is 0 Å². The van der Waals surface area contributed by atoms with Crippen LogP contribution in [0.25, 0.3) is 0 Å². The van der Waals surface area contributed by atoms with Gasteiger partial charge in [-0.3, -0.25) is 4.79 Å². The molecule has 3 N–H and O–H groups in total. The molecule has 20 heavy (non-hydrogen) atoms. The Morgan fingerprint density at radius 1 is 1.25 bits per heavy atom. The molecule has 0 bridgehead atoms. The second-order valence-electron chi connectivity index (χ2n) is 4.53. The lowest BCUT2D eigenvalue weighted by Crippen LogP contribution is -2.29. The number of nitrogens with two attached hydrogens (primary N) is 1. The SMILES string of the molecule is CC(NC(=O)CC(N)c1ccccc1)c1ccco1.Cl. The van der Waals surface area contributed by atoms with E-state index >= 15 is 0 Å². The molecule has 1 aromatic carbocycles. The minimum absolute atomic E-state index is 0. The van der Waals surface area contributed by atoms with Gasteiger partial charge >= 0.3 is 0 Å². The summed E-state index contributed by atoms with van der Waals surface area (Å²) < 4.78 is 5.24. The molecule has 2 aromatic rings. The Hall–Kier alpha value is -1.78. The van der Waals surface area contributed by atoms with Gasteiger partial charge in [-0.05, 0) is 24.6 Å². The van der Waals surface area contributed by atoms with Crippen LogP contribution in [0.2, 0.25) is 0 Å². The largest absolute Gasteiger partial charge is 0.467 e. The number of nitrogens with one attached hydrogen (secondary N) is 1. The number of hydrogen-bond acceptors (Lipinski definition) is 3. The van der Waals surface area contributed by atoms with E-state index in [0.29, 0.717) is 0 Å². The van der Waals surface area contributed by atoms with Crippen molar-refractivity contribution in [2.75, 3.05) is 0 Å². The third-order valence-corrected chi connectivity index (χ3v) is 2.98. The van der Waals surface area contributed by atoms with Gasteiger partial charge in [-0.1, -0.05) is 30.3 Å². The van der Waals surface area contributed by atoms with Crippen LogP contribution in [0.5, 0.6) is 0 Å². The van der Waals surface area contributed by atoms with Crippen LogP contribution in [0.4, 0.5) is 0 Å². The first kappa shape index (κ1) is 16.3. The van der Waals surface area contributed by atoms with Crippen molar-refractivity contribution in [3.8, 4) is 0 Å². The van der Waals surface area contributed by atoms with Crippen LogP contribution in [-0.4, -0.2) is 5.91 Å². The summed E-state index contributed by atoms with van der Waals surface area (Å²) in [6.07, 6.45) is 1.85. The maximum Gasteiger partial charge on any atom is 0.222 e. The Balaban J connectivity index is 0.00000200. The zero-order chi connectivity index (χ0) is 13.7. The van der Waals surface area contributed by atoms with Crippen molar-refractivity contribution in [3.63, 3.8) is 0 Å². The first-order valence-corrected chi connectivity index (χ1v) is 6.30. The highest BCUT2D eigenvalue weighted by Gasteiger charge is 2.15. The molecule has 1 amide bonds. The molecule has 2 atom stereocenters. The first-order chi connectivity index (χ1) is 9.16. The highest BCUT2D eigenvalue weighted by atomic mass is 35.5. The van der Waals surface area contributed by atoms with Crippen LogP contribution in [-0.2, 0) is 4.79 Å². The fraction of sp³-hybridized carbons (Fsp3) is 0.267. The molecule has 1 heterocycles. The van der Waals surface area contributed by atoms with E-state index in [2.05, 4.69) is 5.32 Å². The maximum atomic E-state index is 11.9. The molecule has 0 radical (unpaired) electrons. The lowest BCUT2D eigenvalue weighted by Gasteiger charge is -2.15. The van der Waals surface area contributed by atoms with Gasteiger partial charge in [0.05, 0.1) is 12.3 Å². The molecule has 4 nitrogen and oxygen atoms in total. The summed E-state index contributed by atoms with van der Waals surface area (Å²) in [5, 5.41) is 2.87. The molecule has 0 saturated heterocycles. The summed E-state index contributed by atoms with van der Waals surface area (Å²) in [6, 6.07) is 12.8. The summed E-state index contributed by atoms with van der Waals surface area (Å²) in [5.74, 6) is 0.655. The van der Waals surface area contributed by atoms with Crippen LogP contribution in [0.1, 0.15) is 36.8 Å². The number of benzene rings is 1. The predicted octanol–water partition coefficient (Wildman–Crippen LogP) is 2.97. The molecular weight excluding hydrogens is 276 g/mol. The average molecular weight is 295 g/mol. The molecule has 0 spiro atoms. The molecular formula is C15H19ClN2O2. The minimum Gasteiger partial charge on any atom is -0.467 e. The van der Waals surface area contributed by atoms with Crippen molar-refractivity contribution < 1.29 is 9.21 Å². The van der Waals surface area contributed by atoms with E-state index in [1.807, 2.05) is 43.3 Å². The third-order valence-electron chi connectivity index (χ3n) is 2.98. The van der Waals surface area contributed by atoms with Crippen molar-refractivity contribution in [3.05, 3.63) is 60.1 Å². The van der Waals surface area contributed by atoms with Crippen LogP contribution in [0, 0.1) is 0 Å². The monoisotopic (exact) mass is 294 g/mol. The molecule has 0 fully saturated rings. The predicted molar refractivity (Wildman–Crippen MR) is 80.5 cm³/mol. The Labute approximate surface area is 124 Å². The van der Waals surface area contributed by atoms with Gasteiger partial charge in [-0.2, -0.15) is 0 Å². The van der Waals surface area contributed by atoms with Crippen molar-refractivity contribution in [1.29, 1.82) is 0 Å². The smallest absolute Gasteiger partial charge is 0.222 e. The number of amides is 1. The van der Waals surface area contributed by atoms with Crippen LogP contribution < -0.4 is 11.1 Å². The van der Waals surface area contributed by atoms with Gasteiger partial charge in [-0.15, -0.1) is 12.4 Å². The van der Waals surface area contributed by atoms with Crippen molar-refractivity contribution >= 4 is 18.3 Å². The molecule has 0 saturated carbocycles. The van der Waals surface area contributed by atoms with Crippen molar-refractivity contribution in [1.82, 2.24) is 5.32 Å². The van der Waals surface area contributed by atoms with E-state index in [4.69, 9.17) is 10.2 Å². The van der Waals surface area contributed by atoms with Crippen molar-refractivity contribution in [2.24, 2.45) is 5.73 Å². The molecule has 0 aliphatic rings. The van der Waals surface area contributed by atoms with E-state index in [9.17, 15) is 4.79 Å². The van der Waals surface area contributed by atoms with E-state index < -0.39 is 0 Å². The maximum absolute atomic E-state index is 11.9. The van der Waals surface area contributed by atoms with Gasteiger partial charge in [-0.25, -0.2) is 0 Å². The molecule has 108 valence electrons. The summed E-state index contributed by atoms with van der Waals surface area (Å²) >= 11 is 0. The van der Waals surface area contributed by atoms with Crippen LogP contribution in [0.15, 0.2) is 53.1 Å². The minimum atomic E-state index is -0.287. The number of carbonyl (C=O) groups is 1. The fourth-order valence-corrected chi connectivity index (χ4v) is 1.93. The van der Waals surface area contributed by atoms with Crippen molar-refractivity contribution in [2.45, 2.75) is 25.4 Å². The van der Waals surface area contributed by atoms with Gasteiger partial charge in [0.15, 0.2) is 0 Å². The zero-order valence-electron chi connectivity index (χ0n) is 11.3. The Morgan fingerprint density at radius 3 is 2.55 bits per heavy atom. The summed E-state index contributed by atoms with van der Waals surface area (Å²) in [6.45, 7) is 1.88. The zero-order valence-corrected chi connectivity index (χ0v) is 12.1. The second-order valence-corrected chi connectivity index (χ2v) is 4.53. The summed E-state index contributed by atoms with van der Waals surface area (Å²) in [5.41, 5.74) is 6.97. The molecule has 5 heteroatoms. The summed E-state index contributed by atoms with van der Waals surface area (Å²) in [7, 11) is 0. The Kier molecular flexibility index (Phi) is 6.28. The molecule has 0 aliphatic carbocycles. The van der Waals surface area contributed by atoms with E-state index in [-0.39, 0.29) is 36.8 Å². The molecule has 0 aliphatic heterocycles. The third kappa shape index (κ3) is 4.40. The lowest BCUT2D eigenvalue weighted by atomic mass is 10.0. The number of rotatable bonds is 5. The van der Waals surface area contributed by atoms with Crippen LogP contribution in [0.3, 0.4) is 0 Å². The second kappa shape index (κ2) is 7.72. The highest BCUT2D eigenvalue weighted by molar-refractivity contribution is 5.85. The van der Waals surface area contributed by atoms with Gasteiger partial charge < -0.3 is 15.5 Å². The van der Waals surface area contributed by atoms with E-state index in [0.717, 1.165) is 11.3 Å². The lowest BCUT2D eigenvalue weighted by molar-refractivity contribution is -0.122. The van der Waals surface area contributed by atoms with Crippen LogP contribution >= 0.6 is 12.4 Å². The Bertz CT molecular complexity index is 514. The fourth-order valence-electron chi connectivity index (χ4n) is 1.93. The average Bonchev–Trinajstić information content (AvgIpc) is 2.93. The Morgan fingerprint density at radius 2 is 1.95 bits per heavy atom. The van der Waals surface area contributed by atoms with Gasteiger partial charge in [0.2, 0.25) is 5.91 Å². The normalized spacial score (nSPS) is 13.1. The number of halogens is 1. The van der Waals surface area contributed by atoms with Gasteiger partial charge in [0.1, 0.15) is 5.76 Å². The topological polar surface area (TPSA) is 68.3 Å². The quantitative estimate of drug-likeness (QED) is 0.891. The van der Waals surface area contributed by atoms with E-state index in [1.54, 1.807) is 12.3 Å².